The Balaban J connectivity index is 2.21. The smallest absolute Gasteiger partial charge is 0.000966 e. The largest absolute Gasteiger partial charge is 0.303 e. The SMILES string of the molecule is CCCCCCC(CCCCCC)CN1CCC(CCCCC(CC)CCCC)CC1. The molecule has 0 aromatic rings. The topological polar surface area (TPSA) is 3.24 Å². The standard InChI is InChI=1S/C30H61N/c1-5-9-12-14-21-30(22-15-13-10-6-2)27-31-25-23-29(24-26-31)20-17-16-19-28(8-4)18-11-7-3/h28-30H,5-27H2,1-4H3. The van der Waals surface area contributed by atoms with Crippen molar-refractivity contribution in [2.75, 3.05) is 19.6 Å². The van der Waals surface area contributed by atoms with E-state index in [4.69, 9.17) is 0 Å². The van der Waals surface area contributed by atoms with Gasteiger partial charge < -0.3 is 4.90 Å². The Morgan fingerprint density at radius 2 is 1.10 bits per heavy atom. The van der Waals surface area contributed by atoms with Crippen molar-refractivity contribution in [2.24, 2.45) is 17.8 Å². The number of rotatable bonds is 21. The highest BCUT2D eigenvalue weighted by Gasteiger charge is 2.21. The van der Waals surface area contributed by atoms with E-state index >= 15 is 0 Å². The number of hydrogen-bond donors (Lipinski definition) is 0. The summed E-state index contributed by atoms with van der Waals surface area (Å²) in [5.74, 6) is 3.01. The maximum Gasteiger partial charge on any atom is 0.000966 e. The molecule has 0 saturated carbocycles. The lowest BCUT2D eigenvalue weighted by Crippen LogP contribution is -2.37. The van der Waals surface area contributed by atoms with Crippen LogP contribution in [0, 0.1) is 17.8 Å². The predicted molar refractivity (Wildman–Crippen MR) is 142 cm³/mol. The van der Waals surface area contributed by atoms with Gasteiger partial charge in [0.05, 0.1) is 0 Å². The van der Waals surface area contributed by atoms with Gasteiger partial charge in [0.15, 0.2) is 0 Å². The van der Waals surface area contributed by atoms with E-state index in [0.29, 0.717) is 0 Å². The molecule has 0 spiro atoms. The highest BCUT2D eigenvalue weighted by atomic mass is 15.1. The maximum absolute atomic E-state index is 2.85. The molecule has 0 aromatic carbocycles. The summed E-state index contributed by atoms with van der Waals surface area (Å²) in [4.78, 5) is 2.85. The van der Waals surface area contributed by atoms with E-state index in [0.717, 1.165) is 17.8 Å². The first-order valence-electron chi connectivity index (χ1n) is 15.0. The molecule has 0 bridgehead atoms. The van der Waals surface area contributed by atoms with Gasteiger partial charge in [-0.3, -0.25) is 0 Å². The second kappa shape index (κ2) is 20.6. The fourth-order valence-electron chi connectivity index (χ4n) is 5.78. The third-order valence-corrected chi connectivity index (χ3v) is 8.17. The molecule has 1 heterocycles. The van der Waals surface area contributed by atoms with Crippen LogP contribution in [0.15, 0.2) is 0 Å². The number of likely N-dealkylation sites (tertiary alicyclic amines) is 1. The predicted octanol–water partition coefficient (Wildman–Crippen LogP) is 10.0. The minimum absolute atomic E-state index is 0.972. The van der Waals surface area contributed by atoms with Gasteiger partial charge in [-0.2, -0.15) is 0 Å². The first-order chi connectivity index (χ1) is 15.2. The van der Waals surface area contributed by atoms with Crippen molar-refractivity contribution in [1.29, 1.82) is 0 Å². The first kappa shape index (κ1) is 29.0. The molecule has 1 heteroatoms. The number of hydrogen-bond acceptors (Lipinski definition) is 1. The Labute approximate surface area is 198 Å². The van der Waals surface area contributed by atoms with Crippen molar-refractivity contribution in [3.05, 3.63) is 0 Å². The molecule has 31 heavy (non-hydrogen) atoms. The van der Waals surface area contributed by atoms with Crippen molar-refractivity contribution in [1.82, 2.24) is 4.90 Å². The number of nitrogens with zero attached hydrogens (tertiary/aromatic N) is 1. The Morgan fingerprint density at radius 3 is 1.65 bits per heavy atom. The van der Waals surface area contributed by atoms with Crippen LogP contribution in [0.2, 0.25) is 0 Å². The van der Waals surface area contributed by atoms with Crippen LogP contribution >= 0.6 is 0 Å². The molecule has 1 saturated heterocycles. The minimum Gasteiger partial charge on any atom is -0.303 e. The maximum atomic E-state index is 2.85. The zero-order valence-corrected chi connectivity index (χ0v) is 22.4. The van der Waals surface area contributed by atoms with Gasteiger partial charge >= 0.3 is 0 Å². The van der Waals surface area contributed by atoms with Gasteiger partial charge in [0.2, 0.25) is 0 Å². The minimum atomic E-state index is 0.972. The quantitative estimate of drug-likeness (QED) is 0.162. The molecule has 0 amide bonds. The molecule has 186 valence electrons. The third kappa shape index (κ3) is 15.4. The average molecular weight is 436 g/mol. The van der Waals surface area contributed by atoms with Gasteiger partial charge in [0.25, 0.3) is 0 Å². The number of piperidine rings is 1. The molecule has 0 radical (unpaired) electrons. The van der Waals surface area contributed by atoms with Crippen LogP contribution in [-0.4, -0.2) is 24.5 Å². The molecular formula is C30H61N. The Morgan fingerprint density at radius 1 is 0.581 bits per heavy atom. The average Bonchev–Trinajstić information content (AvgIpc) is 2.80. The Hall–Kier alpha value is -0.0400. The summed E-state index contributed by atoms with van der Waals surface area (Å²) in [6.45, 7) is 13.6. The monoisotopic (exact) mass is 435 g/mol. The van der Waals surface area contributed by atoms with E-state index in [-0.39, 0.29) is 0 Å². The first-order valence-corrected chi connectivity index (χ1v) is 15.0. The Kier molecular flexibility index (Phi) is 19.2. The molecule has 0 aromatic heterocycles. The van der Waals surface area contributed by atoms with Crippen LogP contribution in [-0.2, 0) is 0 Å². The fourth-order valence-corrected chi connectivity index (χ4v) is 5.78. The summed E-state index contributed by atoms with van der Waals surface area (Å²) in [7, 11) is 0. The van der Waals surface area contributed by atoms with Gasteiger partial charge in [0, 0.05) is 6.54 Å². The normalized spacial score (nSPS) is 16.9. The highest BCUT2D eigenvalue weighted by molar-refractivity contribution is 4.75. The molecule has 1 aliphatic rings. The van der Waals surface area contributed by atoms with E-state index in [2.05, 4.69) is 32.6 Å². The Bertz CT molecular complexity index is 345. The molecule has 1 atom stereocenters. The van der Waals surface area contributed by atoms with E-state index < -0.39 is 0 Å². The molecule has 1 unspecified atom stereocenters. The van der Waals surface area contributed by atoms with Crippen molar-refractivity contribution in [2.45, 2.75) is 156 Å². The molecule has 1 fully saturated rings. The van der Waals surface area contributed by atoms with Crippen molar-refractivity contribution in [3.63, 3.8) is 0 Å². The summed E-state index contributed by atoms with van der Waals surface area (Å²) < 4.78 is 0. The lowest BCUT2D eigenvalue weighted by molar-refractivity contribution is 0.146. The second-order valence-electron chi connectivity index (χ2n) is 11.0. The zero-order chi connectivity index (χ0) is 22.6. The van der Waals surface area contributed by atoms with Crippen LogP contribution in [0.5, 0.6) is 0 Å². The van der Waals surface area contributed by atoms with Crippen LogP contribution in [0.3, 0.4) is 0 Å². The summed E-state index contributed by atoms with van der Waals surface area (Å²) >= 11 is 0. The van der Waals surface area contributed by atoms with E-state index in [9.17, 15) is 0 Å². The second-order valence-corrected chi connectivity index (χ2v) is 11.0. The van der Waals surface area contributed by atoms with Crippen molar-refractivity contribution in [3.8, 4) is 0 Å². The van der Waals surface area contributed by atoms with Gasteiger partial charge in [-0.1, -0.05) is 130 Å². The van der Waals surface area contributed by atoms with Gasteiger partial charge in [0.1, 0.15) is 0 Å². The molecule has 1 aliphatic heterocycles. The lowest BCUT2D eigenvalue weighted by atomic mass is 9.88. The van der Waals surface area contributed by atoms with Crippen LogP contribution in [0.25, 0.3) is 0 Å². The van der Waals surface area contributed by atoms with Crippen LogP contribution in [0.4, 0.5) is 0 Å². The summed E-state index contributed by atoms with van der Waals surface area (Å²) in [5, 5.41) is 0. The van der Waals surface area contributed by atoms with Gasteiger partial charge in [-0.15, -0.1) is 0 Å². The van der Waals surface area contributed by atoms with Crippen LogP contribution < -0.4 is 0 Å². The van der Waals surface area contributed by atoms with Crippen molar-refractivity contribution < 1.29 is 0 Å². The van der Waals surface area contributed by atoms with Crippen molar-refractivity contribution >= 4 is 0 Å². The van der Waals surface area contributed by atoms with E-state index in [1.54, 1.807) is 0 Å². The third-order valence-electron chi connectivity index (χ3n) is 8.17. The highest BCUT2D eigenvalue weighted by Crippen LogP contribution is 2.27. The molecule has 1 rings (SSSR count). The summed E-state index contributed by atoms with van der Waals surface area (Å²) in [6.07, 6.45) is 29.1. The summed E-state index contributed by atoms with van der Waals surface area (Å²) in [5.41, 5.74) is 0. The molecule has 0 N–H and O–H groups in total. The van der Waals surface area contributed by atoms with Gasteiger partial charge in [-0.05, 0) is 56.5 Å². The number of unbranched alkanes of at least 4 members (excludes halogenated alkanes) is 8. The zero-order valence-electron chi connectivity index (χ0n) is 22.4. The lowest BCUT2D eigenvalue weighted by Gasteiger charge is -2.34. The molecular weight excluding hydrogens is 374 g/mol. The summed E-state index contributed by atoms with van der Waals surface area (Å²) in [6, 6.07) is 0. The van der Waals surface area contributed by atoms with E-state index in [1.165, 1.54) is 148 Å². The van der Waals surface area contributed by atoms with Gasteiger partial charge in [-0.25, -0.2) is 0 Å². The molecule has 1 nitrogen and oxygen atoms in total. The fraction of sp³-hybridized carbons (Fsp3) is 1.00. The van der Waals surface area contributed by atoms with Crippen LogP contribution in [0.1, 0.15) is 156 Å². The molecule has 0 aliphatic carbocycles. The van der Waals surface area contributed by atoms with E-state index in [1.807, 2.05) is 0 Å².